The van der Waals surface area contributed by atoms with Gasteiger partial charge < -0.3 is 24.7 Å². The molecule has 7 heteroatoms. The zero-order valence-corrected chi connectivity index (χ0v) is 21.2. The minimum absolute atomic E-state index is 0.0348. The molecule has 1 unspecified atom stereocenters. The van der Waals surface area contributed by atoms with Gasteiger partial charge in [-0.3, -0.25) is 0 Å². The van der Waals surface area contributed by atoms with Crippen LogP contribution < -0.4 is 20.8 Å². The third-order valence-corrected chi connectivity index (χ3v) is 6.68. The van der Waals surface area contributed by atoms with E-state index in [0.29, 0.717) is 31.3 Å². The van der Waals surface area contributed by atoms with E-state index in [1.807, 2.05) is 43.3 Å². The molecule has 2 N–H and O–H groups in total. The van der Waals surface area contributed by atoms with Crippen molar-refractivity contribution in [1.82, 2.24) is 0 Å². The summed E-state index contributed by atoms with van der Waals surface area (Å²) in [5.74, 6) is 0.852. The molecule has 186 valence electrons. The van der Waals surface area contributed by atoms with Crippen LogP contribution in [-0.2, 0) is 9.31 Å². The van der Waals surface area contributed by atoms with Crippen LogP contribution in [-0.4, -0.2) is 33.0 Å². The fourth-order valence-electron chi connectivity index (χ4n) is 4.78. The number of hydrogen-bond donors (Lipinski definition) is 2. The molecule has 0 saturated carbocycles. The van der Waals surface area contributed by atoms with E-state index in [1.54, 1.807) is 0 Å². The molecule has 2 aliphatic heterocycles. The van der Waals surface area contributed by atoms with Crippen molar-refractivity contribution in [3.05, 3.63) is 83.4 Å². The summed E-state index contributed by atoms with van der Waals surface area (Å²) in [7, 11) is -0.497. The number of hydrogen-bond acceptors (Lipinski definition) is 4. The summed E-state index contributed by atoms with van der Waals surface area (Å²) in [5.41, 5.74) is 5.59. The van der Waals surface area contributed by atoms with Crippen LogP contribution in [0.25, 0.3) is 0 Å². The number of urea groups is 1. The number of benzene rings is 3. The van der Waals surface area contributed by atoms with E-state index < -0.39 is 7.12 Å². The highest BCUT2D eigenvalue weighted by Crippen LogP contribution is 2.41. The van der Waals surface area contributed by atoms with Crippen molar-refractivity contribution in [3.63, 3.8) is 0 Å². The Labute approximate surface area is 213 Å². The third-order valence-electron chi connectivity index (χ3n) is 6.68. The van der Waals surface area contributed by atoms with Gasteiger partial charge in [0.2, 0.25) is 0 Å². The van der Waals surface area contributed by atoms with Crippen molar-refractivity contribution in [2.45, 2.75) is 39.5 Å². The Balaban J connectivity index is 1.51. The predicted octanol–water partition coefficient (Wildman–Crippen LogP) is 5.71. The van der Waals surface area contributed by atoms with Crippen LogP contribution in [0.3, 0.4) is 0 Å². The van der Waals surface area contributed by atoms with E-state index in [2.05, 4.69) is 54.8 Å². The molecule has 2 amide bonds. The summed E-state index contributed by atoms with van der Waals surface area (Å²) in [6.07, 6.45) is 1.87. The number of amides is 2. The highest BCUT2D eigenvalue weighted by atomic mass is 16.6. The first-order chi connectivity index (χ1) is 17.4. The maximum atomic E-state index is 13.0. The summed E-state index contributed by atoms with van der Waals surface area (Å²) in [4.78, 5) is 13.0. The largest absolute Gasteiger partial charge is 0.493 e. The normalized spacial score (nSPS) is 19.0. The Bertz CT molecular complexity index is 1200. The molecular formula is C29H33BN2O4. The molecule has 0 aliphatic carbocycles. The van der Waals surface area contributed by atoms with Gasteiger partial charge in [-0.25, -0.2) is 4.79 Å². The average Bonchev–Trinajstić information content (AvgIpc) is 3.09. The molecule has 1 saturated heterocycles. The van der Waals surface area contributed by atoms with Crippen LogP contribution in [0.5, 0.6) is 5.75 Å². The molecule has 2 heterocycles. The van der Waals surface area contributed by atoms with Gasteiger partial charge in [0, 0.05) is 35.8 Å². The first-order valence-electron chi connectivity index (χ1n) is 12.6. The average molecular weight is 484 g/mol. The maximum Gasteiger partial charge on any atom is 0.493 e. The fourth-order valence-corrected chi connectivity index (χ4v) is 4.78. The molecule has 3 aromatic rings. The Kier molecular flexibility index (Phi) is 7.03. The smallest absolute Gasteiger partial charge is 0.491 e. The van der Waals surface area contributed by atoms with Crippen molar-refractivity contribution >= 4 is 30.0 Å². The lowest BCUT2D eigenvalue weighted by molar-refractivity contribution is 0.0343. The van der Waals surface area contributed by atoms with E-state index in [-0.39, 0.29) is 17.4 Å². The van der Waals surface area contributed by atoms with Gasteiger partial charge >= 0.3 is 13.1 Å². The van der Waals surface area contributed by atoms with Crippen LogP contribution in [0.15, 0.2) is 66.7 Å². The Morgan fingerprint density at radius 2 is 1.69 bits per heavy atom. The van der Waals surface area contributed by atoms with Crippen molar-refractivity contribution in [1.29, 1.82) is 0 Å². The van der Waals surface area contributed by atoms with E-state index >= 15 is 0 Å². The second kappa shape index (κ2) is 10.4. The van der Waals surface area contributed by atoms with Crippen molar-refractivity contribution in [2.24, 2.45) is 5.41 Å². The van der Waals surface area contributed by atoms with Gasteiger partial charge in [0.15, 0.2) is 0 Å². The summed E-state index contributed by atoms with van der Waals surface area (Å²) >= 11 is 0. The van der Waals surface area contributed by atoms with Crippen LogP contribution in [0.2, 0.25) is 0 Å². The first-order valence-corrected chi connectivity index (χ1v) is 12.6. The molecule has 0 aromatic heterocycles. The van der Waals surface area contributed by atoms with Gasteiger partial charge in [-0.15, -0.1) is 0 Å². The molecular weight excluding hydrogens is 451 g/mol. The maximum absolute atomic E-state index is 13.0. The number of carbonyl (C=O) groups is 1. The SMILES string of the molecule is Cc1ccc(NC(=O)Nc2cc(B3OCC(C)(C)CO3)cc3c2OCCCC3c2ccccc2)cc1. The second-order valence-corrected chi connectivity index (χ2v) is 10.5. The minimum Gasteiger partial charge on any atom is -0.491 e. The number of carbonyl (C=O) groups excluding carboxylic acids is 1. The van der Waals surface area contributed by atoms with Gasteiger partial charge in [0.05, 0.1) is 12.3 Å². The van der Waals surface area contributed by atoms with Gasteiger partial charge in [0.25, 0.3) is 0 Å². The van der Waals surface area contributed by atoms with Crippen LogP contribution in [0.1, 0.15) is 49.3 Å². The topological polar surface area (TPSA) is 68.8 Å². The zero-order chi connectivity index (χ0) is 25.1. The van der Waals surface area contributed by atoms with E-state index in [9.17, 15) is 4.79 Å². The highest BCUT2D eigenvalue weighted by molar-refractivity contribution is 6.61. The summed E-state index contributed by atoms with van der Waals surface area (Å²) in [6, 6.07) is 21.9. The van der Waals surface area contributed by atoms with Crippen molar-refractivity contribution in [3.8, 4) is 5.75 Å². The number of nitrogens with one attached hydrogen (secondary N) is 2. The molecule has 6 nitrogen and oxygen atoms in total. The molecule has 1 atom stereocenters. The molecule has 5 rings (SSSR count). The Morgan fingerprint density at radius 3 is 2.42 bits per heavy atom. The molecule has 0 spiro atoms. The standard InChI is InChI=1S/C29H33BN2O4/c1-20-11-13-23(14-12-20)31-28(33)32-26-17-22(30-35-18-29(2,3)19-36-30)16-25-24(10-7-15-34-27(25)26)21-8-5-4-6-9-21/h4-6,8-9,11-14,16-17,24H,7,10,15,18-19H2,1-3H3,(H2,31,32,33). The summed E-state index contributed by atoms with van der Waals surface area (Å²) in [6.45, 7) is 8.06. The van der Waals surface area contributed by atoms with E-state index in [1.165, 1.54) is 5.56 Å². The monoisotopic (exact) mass is 484 g/mol. The lowest BCUT2D eigenvalue weighted by Gasteiger charge is -2.33. The number of fused-ring (bicyclic) bond motifs is 1. The fraction of sp³-hybridized carbons (Fsp3) is 0.345. The molecule has 3 aromatic carbocycles. The lowest BCUT2D eigenvalue weighted by Crippen LogP contribution is -2.47. The minimum atomic E-state index is -0.497. The second-order valence-electron chi connectivity index (χ2n) is 10.5. The molecule has 0 radical (unpaired) electrons. The number of rotatable bonds is 4. The van der Waals surface area contributed by atoms with E-state index in [4.69, 9.17) is 14.0 Å². The van der Waals surface area contributed by atoms with Gasteiger partial charge in [-0.05, 0) is 49.0 Å². The van der Waals surface area contributed by atoms with Crippen molar-refractivity contribution in [2.75, 3.05) is 30.5 Å². The highest BCUT2D eigenvalue weighted by Gasteiger charge is 2.35. The van der Waals surface area contributed by atoms with Gasteiger partial charge in [-0.1, -0.05) is 67.9 Å². The van der Waals surface area contributed by atoms with Gasteiger partial charge in [0.1, 0.15) is 5.75 Å². The van der Waals surface area contributed by atoms with Gasteiger partial charge in [-0.2, -0.15) is 0 Å². The van der Waals surface area contributed by atoms with Crippen LogP contribution in [0, 0.1) is 12.3 Å². The van der Waals surface area contributed by atoms with Crippen LogP contribution in [0.4, 0.5) is 16.2 Å². The molecule has 0 bridgehead atoms. The lowest BCUT2D eigenvalue weighted by atomic mass is 9.73. The zero-order valence-electron chi connectivity index (χ0n) is 21.2. The first kappa shape index (κ1) is 24.4. The number of ether oxygens (including phenoxy) is 1. The molecule has 36 heavy (non-hydrogen) atoms. The third kappa shape index (κ3) is 5.58. The van der Waals surface area contributed by atoms with Crippen LogP contribution >= 0.6 is 0 Å². The van der Waals surface area contributed by atoms with E-state index in [0.717, 1.165) is 35.1 Å². The summed E-state index contributed by atoms with van der Waals surface area (Å²) < 4.78 is 18.5. The Morgan fingerprint density at radius 1 is 0.972 bits per heavy atom. The Hall–Kier alpha value is -3.29. The predicted molar refractivity (Wildman–Crippen MR) is 144 cm³/mol. The molecule has 1 fully saturated rings. The van der Waals surface area contributed by atoms with Crippen molar-refractivity contribution < 1.29 is 18.8 Å². The number of anilines is 2. The quantitative estimate of drug-likeness (QED) is 0.466. The summed E-state index contributed by atoms with van der Waals surface area (Å²) in [5, 5.41) is 5.97. The molecule has 2 aliphatic rings. The number of aryl methyl sites for hydroxylation is 1.